The van der Waals surface area contributed by atoms with Crippen molar-refractivity contribution in [3.05, 3.63) is 18.1 Å². The Hall–Kier alpha value is -1.66. The Morgan fingerprint density at radius 2 is 2.00 bits per heavy atom. The van der Waals surface area contributed by atoms with Crippen molar-refractivity contribution < 1.29 is 4.79 Å². The van der Waals surface area contributed by atoms with Gasteiger partial charge in [-0.05, 0) is 32.2 Å². The van der Waals surface area contributed by atoms with Gasteiger partial charge in [0.1, 0.15) is 17.8 Å². The summed E-state index contributed by atoms with van der Waals surface area (Å²) in [5, 5.41) is 7.76. The quantitative estimate of drug-likeness (QED) is 0.739. The number of anilines is 1. The highest BCUT2D eigenvalue weighted by atomic mass is 35.5. The normalized spacial score (nSPS) is 21.6. The molecular weight excluding hydrogens is 326 g/mol. The van der Waals surface area contributed by atoms with Gasteiger partial charge in [-0.2, -0.15) is 0 Å². The summed E-state index contributed by atoms with van der Waals surface area (Å²) in [6.07, 6.45) is 9.98. The van der Waals surface area contributed by atoms with Gasteiger partial charge < -0.3 is 15.6 Å². The van der Waals surface area contributed by atoms with E-state index in [2.05, 4.69) is 25.6 Å². The molecule has 0 spiro atoms. The van der Waals surface area contributed by atoms with E-state index in [0.717, 1.165) is 74.0 Å². The SMILES string of the molecule is Cl.O=C(c1c[nH]c2ncnc(N[C@@H]3CCCNC3)c12)C1CCCC1. The minimum Gasteiger partial charge on any atom is -0.365 e. The third-order valence-electron chi connectivity index (χ3n) is 5.10. The second-order valence-corrected chi connectivity index (χ2v) is 6.68. The summed E-state index contributed by atoms with van der Waals surface area (Å²) in [6.45, 7) is 2.01. The molecule has 2 aromatic heterocycles. The first-order valence-corrected chi connectivity index (χ1v) is 8.66. The second kappa shape index (κ2) is 7.49. The summed E-state index contributed by atoms with van der Waals surface area (Å²) in [5.74, 6) is 1.19. The van der Waals surface area contributed by atoms with Gasteiger partial charge in [0, 0.05) is 30.3 Å². The molecule has 1 aliphatic heterocycles. The number of piperidine rings is 1. The number of fused-ring (bicyclic) bond motifs is 1. The molecule has 0 radical (unpaired) electrons. The maximum atomic E-state index is 12.9. The lowest BCUT2D eigenvalue weighted by Gasteiger charge is -2.24. The Balaban J connectivity index is 0.00000169. The molecule has 0 amide bonds. The number of ketones is 1. The van der Waals surface area contributed by atoms with Crippen LogP contribution in [0.15, 0.2) is 12.5 Å². The van der Waals surface area contributed by atoms with Crippen LogP contribution in [0.3, 0.4) is 0 Å². The monoisotopic (exact) mass is 349 g/mol. The lowest BCUT2D eigenvalue weighted by Crippen LogP contribution is -2.38. The van der Waals surface area contributed by atoms with Crippen LogP contribution in [0.25, 0.3) is 11.0 Å². The van der Waals surface area contributed by atoms with E-state index in [0.29, 0.717) is 6.04 Å². The summed E-state index contributed by atoms with van der Waals surface area (Å²) < 4.78 is 0. The lowest BCUT2D eigenvalue weighted by molar-refractivity contribution is 0.0924. The van der Waals surface area contributed by atoms with E-state index in [9.17, 15) is 4.79 Å². The van der Waals surface area contributed by atoms with Gasteiger partial charge >= 0.3 is 0 Å². The van der Waals surface area contributed by atoms with Crippen LogP contribution in [0.2, 0.25) is 0 Å². The molecule has 2 aliphatic rings. The highest BCUT2D eigenvalue weighted by Crippen LogP contribution is 2.32. The number of nitrogens with zero attached hydrogens (tertiary/aromatic N) is 2. The average Bonchev–Trinajstić information content (AvgIpc) is 3.26. The predicted octanol–water partition coefficient (Wildman–Crippen LogP) is 2.92. The second-order valence-electron chi connectivity index (χ2n) is 6.68. The van der Waals surface area contributed by atoms with E-state index in [1.807, 2.05) is 6.20 Å². The molecule has 1 saturated carbocycles. The Bertz CT molecular complexity index is 704. The van der Waals surface area contributed by atoms with Crippen molar-refractivity contribution in [1.82, 2.24) is 20.3 Å². The Morgan fingerprint density at radius 1 is 1.17 bits per heavy atom. The van der Waals surface area contributed by atoms with Gasteiger partial charge in [-0.1, -0.05) is 12.8 Å². The van der Waals surface area contributed by atoms with Crippen LogP contribution in [0.5, 0.6) is 0 Å². The predicted molar refractivity (Wildman–Crippen MR) is 96.9 cm³/mol. The van der Waals surface area contributed by atoms with Crippen molar-refractivity contribution in [2.75, 3.05) is 18.4 Å². The van der Waals surface area contributed by atoms with E-state index in [-0.39, 0.29) is 24.1 Å². The van der Waals surface area contributed by atoms with Crippen molar-refractivity contribution in [1.29, 1.82) is 0 Å². The molecule has 130 valence electrons. The van der Waals surface area contributed by atoms with Crippen LogP contribution in [-0.2, 0) is 0 Å². The number of aromatic nitrogens is 3. The fourth-order valence-corrected chi connectivity index (χ4v) is 3.84. The molecule has 3 heterocycles. The third kappa shape index (κ3) is 3.26. The molecule has 1 aliphatic carbocycles. The first kappa shape index (κ1) is 17.2. The largest absolute Gasteiger partial charge is 0.365 e. The minimum atomic E-state index is 0. The smallest absolute Gasteiger partial charge is 0.168 e. The van der Waals surface area contributed by atoms with Crippen molar-refractivity contribution in [2.45, 2.75) is 44.6 Å². The Kier molecular flexibility index (Phi) is 5.36. The standard InChI is InChI=1S/C17H23N5O.ClH/c23-15(11-4-1-2-5-11)13-9-19-16-14(13)17(21-10-20-16)22-12-6-3-7-18-8-12;/h9-12,18H,1-8H2,(H2,19,20,21,22);1H/t12-;/m1./s1. The van der Waals surface area contributed by atoms with Crippen molar-refractivity contribution in [3.63, 3.8) is 0 Å². The van der Waals surface area contributed by atoms with Gasteiger partial charge in [0.2, 0.25) is 0 Å². The molecule has 24 heavy (non-hydrogen) atoms. The van der Waals surface area contributed by atoms with E-state index < -0.39 is 0 Å². The third-order valence-corrected chi connectivity index (χ3v) is 5.10. The molecule has 0 aromatic carbocycles. The topological polar surface area (TPSA) is 82.7 Å². The summed E-state index contributed by atoms with van der Waals surface area (Å²) in [7, 11) is 0. The number of carbonyl (C=O) groups is 1. The molecule has 2 aromatic rings. The fraction of sp³-hybridized carbons (Fsp3) is 0.588. The molecular formula is C17H24ClN5O. The Labute approximate surface area is 147 Å². The maximum absolute atomic E-state index is 12.9. The zero-order valence-corrected chi connectivity index (χ0v) is 14.5. The van der Waals surface area contributed by atoms with Crippen LogP contribution >= 0.6 is 12.4 Å². The number of hydrogen-bond donors (Lipinski definition) is 3. The molecule has 2 fully saturated rings. The van der Waals surface area contributed by atoms with Crippen LogP contribution in [0.1, 0.15) is 48.9 Å². The van der Waals surface area contributed by atoms with Crippen LogP contribution < -0.4 is 10.6 Å². The van der Waals surface area contributed by atoms with Gasteiger partial charge in [-0.25, -0.2) is 9.97 Å². The van der Waals surface area contributed by atoms with E-state index in [1.165, 1.54) is 0 Å². The molecule has 3 N–H and O–H groups in total. The molecule has 6 nitrogen and oxygen atoms in total. The van der Waals surface area contributed by atoms with Gasteiger partial charge in [-0.3, -0.25) is 4.79 Å². The zero-order chi connectivity index (χ0) is 15.6. The van der Waals surface area contributed by atoms with Crippen LogP contribution in [0, 0.1) is 5.92 Å². The van der Waals surface area contributed by atoms with Crippen molar-refractivity contribution in [3.8, 4) is 0 Å². The number of carbonyl (C=O) groups excluding carboxylic acids is 1. The molecule has 0 bridgehead atoms. The number of Topliss-reactive ketones (excluding diaryl/α,β-unsaturated/α-hetero) is 1. The highest BCUT2D eigenvalue weighted by molar-refractivity contribution is 6.11. The fourth-order valence-electron chi connectivity index (χ4n) is 3.84. The van der Waals surface area contributed by atoms with Gasteiger partial charge in [0.15, 0.2) is 5.78 Å². The summed E-state index contributed by atoms with van der Waals surface area (Å²) in [4.78, 5) is 24.7. The molecule has 0 unspecified atom stereocenters. The van der Waals surface area contributed by atoms with E-state index in [4.69, 9.17) is 0 Å². The van der Waals surface area contributed by atoms with Crippen LogP contribution in [-0.4, -0.2) is 39.9 Å². The average molecular weight is 350 g/mol. The minimum absolute atomic E-state index is 0. The summed E-state index contributed by atoms with van der Waals surface area (Å²) in [6, 6.07) is 0.353. The van der Waals surface area contributed by atoms with Gasteiger partial charge in [-0.15, -0.1) is 12.4 Å². The van der Waals surface area contributed by atoms with E-state index in [1.54, 1.807) is 6.33 Å². The first-order chi connectivity index (χ1) is 11.3. The highest BCUT2D eigenvalue weighted by Gasteiger charge is 2.27. The first-order valence-electron chi connectivity index (χ1n) is 8.66. The number of hydrogen-bond acceptors (Lipinski definition) is 5. The summed E-state index contributed by atoms with van der Waals surface area (Å²) >= 11 is 0. The van der Waals surface area contributed by atoms with Gasteiger partial charge in [0.05, 0.1) is 5.39 Å². The van der Waals surface area contributed by atoms with E-state index >= 15 is 0 Å². The van der Waals surface area contributed by atoms with Crippen LogP contribution in [0.4, 0.5) is 5.82 Å². The summed E-state index contributed by atoms with van der Waals surface area (Å²) in [5.41, 5.74) is 1.49. The molecule has 1 saturated heterocycles. The number of H-pyrrole nitrogens is 1. The maximum Gasteiger partial charge on any atom is 0.168 e. The lowest BCUT2D eigenvalue weighted by atomic mass is 9.96. The zero-order valence-electron chi connectivity index (χ0n) is 13.7. The number of halogens is 1. The molecule has 1 atom stereocenters. The number of rotatable bonds is 4. The van der Waals surface area contributed by atoms with Gasteiger partial charge in [0.25, 0.3) is 0 Å². The van der Waals surface area contributed by atoms with Crippen molar-refractivity contribution in [2.24, 2.45) is 5.92 Å². The molecule has 4 rings (SSSR count). The van der Waals surface area contributed by atoms with Crippen molar-refractivity contribution >= 4 is 35.0 Å². The Morgan fingerprint density at radius 3 is 2.75 bits per heavy atom. The number of nitrogens with one attached hydrogen (secondary N) is 3. The number of aromatic amines is 1. The molecule has 7 heteroatoms.